The van der Waals surface area contributed by atoms with E-state index in [4.69, 9.17) is 5.73 Å². The first-order valence-corrected chi connectivity index (χ1v) is 8.97. The van der Waals surface area contributed by atoms with Crippen molar-refractivity contribution in [1.29, 1.82) is 0 Å². The van der Waals surface area contributed by atoms with Gasteiger partial charge in [0.15, 0.2) is 0 Å². The Morgan fingerprint density at radius 3 is 2.38 bits per heavy atom. The molecular weight excluding hydrogens is 280 g/mol. The van der Waals surface area contributed by atoms with Crippen LogP contribution in [0.3, 0.4) is 0 Å². The maximum atomic E-state index is 11.9. The highest BCUT2D eigenvalue weighted by molar-refractivity contribution is 7.98. The average Bonchev–Trinajstić information content (AvgIpc) is 2.45. The van der Waals surface area contributed by atoms with E-state index in [1.807, 2.05) is 13.2 Å². The monoisotopic (exact) mass is 308 g/mol. The van der Waals surface area contributed by atoms with Crippen molar-refractivity contribution in [3.63, 3.8) is 0 Å². The van der Waals surface area contributed by atoms with Crippen LogP contribution in [0, 0.1) is 0 Å². The van der Waals surface area contributed by atoms with Crippen molar-refractivity contribution in [1.82, 2.24) is 5.32 Å². The molecule has 0 radical (unpaired) electrons. The zero-order valence-electron chi connectivity index (χ0n) is 13.6. The molecule has 0 aliphatic rings. The molecular formula is C17H28N2OS. The number of amides is 1. The zero-order valence-corrected chi connectivity index (χ0v) is 14.4. The third kappa shape index (κ3) is 6.53. The van der Waals surface area contributed by atoms with E-state index in [1.54, 1.807) is 11.8 Å². The molecule has 0 spiro atoms. The van der Waals surface area contributed by atoms with Gasteiger partial charge >= 0.3 is 0 Å². The SMILES string of the molecule is CSCCC(N)C(=O)NC(C)Cc1ccc(C(C)C)cc1. The number of benzene rings is 1. The second kappa shape index (κ2) is 9.11. The van der Waals surface area contributed by atoms with Gasteiger partial charge in [-0.05, 0) is 48.8 Å². The number of nitrogens with one attached hydrogen (secondary N) is 1. The Balaban J connectivity index is 2.45. The van der Waals surface area contributed by atoms with Gasteiger partial charge in [0, 0.05) is 6.04 Å². The Morgan fingerprint density at radius 1 is 1.24 bits per heavy atom. The summed E-state index contributed by atoms with van der Waals surface area (Å²) < 4.78 is 0. The number of thioether (sulfide) groups is 1. The van der Waals surface area contributed by atoms with Crippen LogP contribution in [0.25, 0.3) is 0 Å². The van der Waals surface area contributed by atoms with E-state index in [1.165, 1.54) is 11.1 Å². The van der Waals surface area contributed by atoms with Gasteiger partial charge in [0.05, 0.1) is 6.04 Å². The fraction of sp³-hybridized carbons (Fsp3) is 0.588. The van der Waals surface area contributed by atoms with Gasteiger partial charge in [-0.2, -0.15) is 11.8 Å². The third-order valence-electron chi connectivity index (χ3n) is 3.55. The quantitative estimate of drug-likeness (QED) is 0.776. The molecule has 0 aromatic heterocycles. The number of hydrogen-bond acceptors (Lipinski definition) is 3. The molecule has 0 aliphatic carbocycles. The van der Waals surface area contributed by atoms with Crippen LogP contribution in [-0.4, -0.2) is 30.0 Å². The highest BCUT2D eigenvalue weighted by atomic mass is 32.2. The average molecular weight is 308 g/mol. The van der Waals surface area contributed by atoms with Crippen LogP contribution >= 0.6 is 11.8 Å². The predicted octanol–water partition coefficient (Wildman–Crippen LogP) is 2.94. The second-order valence-corrected chi connectivity index (χ2v) is 6.88. The highest BCUT2D eigenvalue weighted by Crippen LogP contribution is 2.15. The molecule has 2 atom stereocenters. The van der Waals surface area contributed by atoms with Crippen molar-refractivity contribution in [2.75, 3.05) is 12.0 Å². The molecule has 0 saturated heterocycles. The van der Waals surface area contributed by atoms with Crippen LogP contribution in [-0.2, 0) is 11.2 Å². The number of nitrogens with two attached hydrogens (primary N) is 1. The normalized spacial score (nSPS) is 14.0. The first kappa shape index (κ1) is 18.1. The van der Waals surface area contributed by atoms with Crippen molar-refractivity contribution < 1.29 is 4.79 Å². The topological polar surface area (TPSA) is 55.1 Å². The molecule has 118 valence electrons. The van der Waals surface area contributed by atoms with Gasteiger partial charge in [-0.15, -0.1) is 0 Å². The number of hydrogen-bond donors (Lipinski definition) is 2. The molecule has 3 N–H and O–H groups in total. The predicted molar refractivity (Wildman–Crippen MR) is 92.8 cm³/mol. The van der Waals surface area contributed by atoms with Gasteiger partial charge in [0.1, 0.15) is 0 Å². The minimum absolute atomic E-state index is 0.0460. The van der Waals surface area contributed by atoms with Crippen molar-refractivity contribution >= 4 is 17.7 Å². The van der Waals surface area contributed by atoms with Gasteiger partial charge in [0.2, 0.25) is 5.91 Å². The van der Waals surface area contributed by atoms with Crippen molar-refractivity contribution in [2.24, 2.45) is 5.73 Å². The third-order valence-corrected chi connectivity index (χ3v) is 4.19. The Hall–Kier alpha value is -1.00. The van der Waals surface area contributed by atoms with E-state index in [0.29, 0.717) is 5.92 Å². The summed E-state index contributed by atoms with van der Waals surface area (Å²) in [5.74, 6) is 1.42. The molecule has 3 nitrogen and oxygen atoms in total. The van der Waals surface area contributed by atoms with Crippen LogP contribution < -0.4 is 11.1 Å². The molecule has 1 aromatic rings. The van der Waals surface area contributed by atoms with Gasteiger partial charge < -0.3 is 11.1 Å². The van der Waals surface area contributed by atoms with Crippen LogP contribution in [0.5, 0.6) is 0 Å². The molecule has 1 aromatic carbocycles. The van der Waals surface area contributed by atoms with Crippen LogP contribution in [0.15, 0.2) is 24.3 Å². The molecule has 4 heteroatoms. The fourth-order valence-corrected chi connectivity index (χ4v) is 2.66. The lowest BCUT2D eigenvalue weighted by Gasteiger charge is -2.18. The molecule has 0 heterocycles. The summed E-state index contributed by atoms with van der Waals surface area (Å²) in [6.45, 7) is 6.40. The van der Waals surface area contributed by atoms with Gasteiger partial charge in [-0.25, -0.2) is 0 Å². The van der Waals surface area contributed by atoms with E-state index < -0.39 is 6.04 Å². The number of carbonyl (C=O) groups excluding carboxylic acids is 1. The second-order valence-electron chi connectivity index (χ2n) is 5.90. The smallest absolute Gasteiger partial charge is 0.237 e. The Morgan fingerprint density at radius 2 is 1.86 bits per heavy atom. The minimum atomic E-state index is -0.400. The minimum Gasteiger partial charge on any atom is -0.352 e. The van der Waals surface area contributed by atoms with E-state index in [9.17, 15) is 4.79 Å². The summed E-state index contributed by atoms with van der Waals surface area (Å²) in [4.78, 5) is 11.9. The zero-order chi connectivity index (χ0) is 15.8. The highest BCUT2D eigenvalue weighted by Gasteiger charge is 2.15. The lowest BCUT2D eigenvalue weighted by molar-refractivity contribution is -0.122. The number of rotatable bonds is 8. The summed E-state index contributed by atoms with van der Waals surface area (Å²) in [7, 11) is 0. The Bertz CT molecular complexity index is 431. The summed E-state index contributed by atoms with van der Waals surface area (Å²) in [6.07, 6.45) is 3.58. The molecule has 1 rings (SSSR count). The molecule has 0 saturated carbocycles. The van der Waals surface area contributed by atoms with Crippen LogP contribution in [0.1, 0.15) is 44.2 Å². The lowest BCUT2D eigenvalue weighted by atomic mass is 9.99. The Kier molecular flexibility index (Phi) is 7.83. The molecule has 1 amide bonds. The molecule has 0 aliphatic heterocycles. The van der Waals surface area contributed by atoms with Crippen molar-refractivity contribution in [3.05, 3.63) is 35.4 Å². The van der Waals surface area contributed by atoms with Gasteiger partial charge in [0.25, 0.3) is 0 Å². The maximum Gasteiger partial charge on any atom is 0.237 e. The summed E-state index contributed by atoms with van der Waals surface area (Å²) >= 11 is 1.71. The van der Waals surface area contributed by atoms with Gasteiger partial charge in [-0.3, -0.25) is 4.79 Å². The summed E-state index contributed by atoms with van der Waals surface area (Å²) in [6, 6.07) is 8.32. The molecule has 0 bridgehead atoms. The van der Waals surface area contributed by atoms with Gasteiger partial charge in [-0.1, -0.05) is 38.1 Å². The van der Waals surface area contributed by atoms with Crippen molar-refractivity contribution in [2.45, 2.75) is 51.6 Å². The van der Waals surface area contributed by atoms with E-state index in [-0.39, 0.29) is 11.9 Å². The van der Waals surface area contributed by atoms with Crippen LogP contribution in [0.2, 0.25) is 0 Å². The lowest BCUT2D eigenvalue weighted by Crippen LogP contribution is -2.45. The van der Waals surface area contributed by atoms with E-state index >= 15 is 0 Å². The molecule has 21 heavy (non-hydrogen) atoms. The van der Waals surface area contributed by atoms with Crippen LogP contribution in [0.4, 0.5) is 0 Å². The first-order chi connectivity index (χ1) is 9.93. The molecule has 2 unspecified atom stereocenters. The molecule has 0 fully saturated rings. The maximum absolute atomic E-state index is 11.9. The fourth-order valence-electron chi connectivity index (χ4n) is 2.17. The van der Waals surface area contributed by atoms with Crippen molar-refractivity contribution in [3.8, 4) is 0 Å². The number of carbonyl (C=O) groups is 1. The Labute approximate surface area is 133 Å². The van der Waals surface area contributed by atoms with E-state index in [2.05, 4.69) is 43.4 Å². The summed E-state index contributed by atoms with van der Waals surface area (Å²) in [5, 5.41) is 3.00. The first-order valence-electron chi connectivity index (χ1n) is 7.57. The largest absolute Gasteiger partial charge is 0.352 e. The standard InChI is InChI=1S/C17H28N2OS/c1-12(2)15-7-5-14(6-8-15)11-13(3)19-17(20)16(18)9-10-21-4/h5-8,12-13,16H,9-11,18H2,1-4H3,(H,19,20). The van der Waals surface area contributed by atoms with E-state index in [0.717, 1.165) is 18.6 Å². The summed E-state index contributed by atoms with van der Waals surface area (Å²) in [5.41, 5.74) is 8.46.